The number of ether oxygens (including phenoxy) is 1. The zero-order valence-corrected chi connectivity index (χ0v) is 15.8. The zero-order valence-electron chi connectivity index (χ0n) is 14.3. The van der Waals surface area contributed by atoms with Crippen molar-refractivity contribution in [1.29, 1.82) is 0 Å². The van der Waals surface area contributed by atoms with Crippen molar-refractivity contribution in [2.75, 3.05) is 13.1 Å². The summed E-state index contributed by atoms with van der Waals surface area (Å²) in [6.45, 7) is 7.07. The van der Waals surface area contributed by atoms with Gasteiger partial charge in [-0.3, -0.25) is 14.5 Å². The van der Waals surface area contributed by atoms with Crippen molar-refractivity contribution in [3.8, 4) is 0 Å². The Kier molecular flexibility index (Phi) is 6.29. The number of ketones is 1. The lowest BCUT2D eigenvalue weighted by atomic mass is 9.98. The van der Waals surface area contributed by atoms with Crippen LogP contribution in [0.5, 0.6) is 0 Å². The van der Waals surface area contributed by atoms with Gasteiger partial charge in [-0.25, -0.2) is 0 Å². The maximum Gasteiger partial charge on any atom is 0.324 e. The Bertz CT molecular complexity index is 610. The first-order valence-corrected chi connectivity index (χ1v) is 8.90. The number of hydrogen-bond donors (Lipinski definition) is 0. The average molecular weight is 372 g/mol. The lowest BCUT2D eigenvalue weighted by Crippen LogP contribution is -2.57. The molecule has 1 heterocycles. The normalized spacial score (nSPS) is 20.7. The van der Waals surface area contributed by atoms with Crippen LogP contribution in [0.2, 0.25) is 10.0 Å². The molecule has 0 saturated carbocycles. The molecule has 0 bridgehead atoms. The van der Waals surface area contributed by atoms with Gasteiger partial charge in [-0.15, -0.1) is 0 Å². The second-order valence-electron chi connectivity index (χ2n) is 6.70. The largest absolute Gasteiger partial charge is 0.457 e. The van der Waals surface area contributed by atoms with Crippen molar-refractivity contribution in [1.82, 2.24) is 4.90 Å². The minimum Gasteiger partial charge on any atom is -0.457 e. The maximum absolute atomic E-state index is 12.4. The van der Waals surface area contributed by atoms with E-state index in [0.717, 1.165) is 5.56 Å². The summed E-state index contributed by atoms with van der Waals surface area (Å²) in [5.74, 6) is -0.316. The molecule has 1 saturated heterocycles. The SMILES string of the molecule is CCN1CC(C)(C)OC(=O)C1CC(=O)CCc1c(Cl)cccc1Cl. The fourth-order valence-corrected chi connectivity index (χ4v) is 3.61. The Morgan fingerprint density at radius 1 is 1.33 bits per heavy atom. The third kappa shape index (κ3) is 4.71. The highest BCUT2D eigenvalue weighted by atomic mass is 35.5. The Morgan fingerprint density at radius 2 is 1.96 bits per heavy atom. The van der Waals surface area contributed by atoms with Gasteiger partial charge in [0.15, 0.2) is 0 Å². The van der Waals surface area contributed by atoms with E-state index in [4.69, 9.17) is 27.9 Å². The van der Waals surface area contributed by atoms with E-state index in [9.17, 15) is 9.59 Å². The van der Waals surface area contributed by atoms with E-state index in [0.29, 0.717) is 36.0 Å². The van der Waals surface area contributed by atoms with Crippen molar-refractivity contribution in [2.24, 2.45) is 0 Å². The van der Waals surface area contributed by atoms with Crippen molar-refractivity contribution in [3.63, 3.8) is 0 Å². The number of Topliss-reactive ketones (excluding diaryl/α,β-unsaturated/α-hetero) is 1. The molecule has 1 aliphatic heterocycles. The minimum absolute atomic E-state index is 0.00564. The Labute approximate surface area is 153 Å². The monoisotopic (exact) mass is 371 g/mol. The van der Waals surface area contributed by atoms with Gasteiger partial charge in [-0.2, -0.15) is 0 Å². The Morgan fingerprint density at radius 3 is 2.54 bits per heavy atom. The first-order valence-electron chi connectivity index (χ1n) is 8.15. The lowest BCUT2D eigenvalue weighted by Gasteiger charge is -2.41. The summed E-state index contributed by atoms with van der Waals surface area (Å²) >= 11 is 12.3. The van der Waals surface area contributed by atoms with Crippen molar-refractivity contribution in [2.45, 2.75) is 51.7 Å². The van der Waals surface area contributed by atoms with Crippen LogP contribution in [-0.4, -0.2) is 41.4 Å². The van der Waals surface area contributed by atoms with Crippen molar-refractivity contribution < 1.29 is 14.3 Å². The molecule has 1 fully saturated rings. The van der Waals surface area contributed by atoms with Crippen LogP contribution in [0.4, 0.5) is 0 Å². The molecule has 132 valence electrons. The van der Waals surface area contributed by atoms with Gasteiger partial charge in [0.05, 0.1) is 0 Å². The highest BCUT2D eigenvalue weighted by Gasteiger charge is 2.40. The Balaban J connectivity index is 1.97. The number of esters is 1. The molecule has 1 aliphatic rings. The van der Waals surface area contributed by atoms with E-state index < -0.39 is 11.6 Å². The molecular weight excluding hydrogens is 349 g/mol. The highest BCUT2D eigenvalue weighted by molar-refractivity contribution is 6.36. The number of cyclic esters (lactones) is 1. The van der Waals surface area contributed by atoms with E-state index in [1.807, 2.05) is 25.7 Å². The number of likely N-dealkylation sites (N-methyl/N-ethyl adjacent to an activating group) is 1. The van der Waals surface area contributed by atoms with Gasteiger partial charge < -0.3 is 4.74 Å². The van der Waals surface area contributed by atoms with Crippen LogP contribution in [0.25, 0.3) is 0 Å². The van der Waals surface area contributed by atoms with E-state index in [1.165, 1.54) is 0 Å². The number of hydrogen-bond acceptors (Lipinski definition) is 4. The Hall–Kier alpha value is -1.10. The third-order valence-electron chi connectivity index (χ3n) is 4.22. The topological polar surface area (TPSA) is 46.6 Å². The van der Waals surface area contributed by atoms with Crippen LogP contribution in [0.1, 0.15) is 39.2 Å². The molecule has 0 amide bonds. The molecule has 1 aromatic rings. The predicted octanol–water partition coefficient (Wildman–Crippen LogP) is 3.91. The number of nitrogens with zero attached hydrogens (tertiary/aromatic N) is 1. The van der Waals surface area contributed by atoms with Crippen molar-refractivity contribution >= 4 is 35.0 Å². The molecule has 1 unspecified atom stereocenters. The second kappa shape index (κ2) is 7.85. The van der Waals surface area contributed by atoms with Crippen LogP contribution in [0, 0.1) is 0 Å². The molecule has 6 heteroatoms. The standard InChI is InChI=1S/C18H23Cl2NO3/c1-4-21-11-18(2,3)24-17(23)16(21)10-12(22)8-9-13-14(19)6-5-7-15(13)20/h5-7,16H,4,8-11H2,1-3H3. The molecule has 1 atom stereocenters. The smallest absolute Gasteiger partial charge is 0.324 e. The first-order chi connectivity index (χ1) is 11.2. The number of rotatable bonds is 6. The molecule has 4 nitrogen and oxygen atoms in total. The van der Waals surface area contributed by atoms with E-state index in [2.05, 4.69) is 0 Å². The predicted molar refractivity (Wildman–Crippen MR) is 95.6 cm³/mol. The molecule has 0 spiro atoms. The first kappa shape index (κ1) is 19.2. The summed E-state index contributed by atoms with van der Waals surface area (Å²) in [7, 11) is 0. The molecule has 2 rings (SSSR count). The zero-order chi connectivity index (χ0) is 17.9. The molecule has 0 radical (unpaired) electrons. The van der Waals surface area contributed by atoms with Crippen LogP contribution in [0.15, 0.2) is 18.2 Å². The van der Waals surface area contributed by atoms with E-state index >= 15 is 0 Å². The number of carbonyl (C=O) groups is 2. The van der Waals surface area contributed by atoms with Gasteiger partial charge in [0.2, 0.25) is 0 Å². The molecule has 0 aromatic heterocycles. The summed E-state index contributed by atoms with van der Waals surface area (Å²) in [4.78, 5) is 26.6. The van der Waals surface area contributed by atoms with Gasteiger partial charge in [0.1, 0.15) is 17.4 Å². The van der Waals surface area contributed by atoms with Crippen LogP contribution in [0.3, 0.4) is 0 Å². The minimum atomic E-state index is -0.516. The van der Waals surface area contributed by atoms with E-state index in [1.54, 1.807) is 18.2 Å². The number of benzene rings is 1. The van der Waals surface area contributed by atoms with Gasteiger partial charge in [0, 0.05) is 29.4 Å². The number of halogens is 2. The summed E-state index contributed by atoms with van der Waals surface area (Å²) in [5.41, 5.74) is 0.256. The molecule has 0 aliphatic carbocycles. The number of morpholine rings is 1. The number of carbonyl (C=O) groups excluding carboxylic acids is 2. The molecule has 24 heavy (non-hydrogen) atoms. The molecule has 0 N–H and O–H groups in total. The average Bonchev–Trinajstić information content (AvgIpc) is 2.48. The summed E-state index contributed by atoms with van der Waals surface area (Å²) in [6.07, 6.45) is 0.926. The van der Waals surface area contributed by atoms with Gasteiger partial charge in [-0.05, 0) is 44.5 Å². The lowest BCUT2D eigenvalue weighted by molar-refractivity contribution is -0.178. The third-order valence-corrected chi connectivity index (χ3v) is 4.92. The van der Waals surface area contributed by atoms with Crippen molar-refractivity contribution in [3.05, 3.63) is 33.8 Å². The van der Waals surface area contributed by atoms with E-state index in [-0.39, 0.29) is 18.2 Å². The van der Waals surface area contributed by atoms with Gasteiger partial charge in [0.25, 0.3) is 0 Å². The van der Waals surface area contributed by atoms with Gasteiger partial charge in [-0.1, -0.05) is 36.2 Å². The van der Waals surface area contributed by atoms with Crippen LogP contribution >= 0.6 is 23.2 Å². The van der Waals surface area contributed by atoms with Gasteiger partial charge >= 0.3 is 5.97 Å². The summed E-state index contributed by atoms with van der Waals surface area (Å²) in [6, 6.07) is 4.78. The fourth-order valence-electron chi connectivity index (χ4n) is 3.02. The summed E-state index contributed by atoms with van der Waals surface area (Å²) < 4.78 is 5.45. The fraction of sp³-hybridized carbons (Fsp3) is 0.556. The quantitative estimate of drug-likeness (QED) is 0.711. The molecule has 1 aromatic carbocycles. The molecular formula is C18H23Cl2NO3. The van der Waals surface area contributed by atoms with Crippen LogP contribution in [-0.2, 0) is 20.7 Å². The van der Waals surface area contributed by atoms with Crippen LogP contribution < -0.4 is 0 Å². The summed E-state index contributed by atoms with van der Waals surface area (Å²) in [5, 5.41) is 1.12. The maximum atomic E-state index is 12.4. The highest BCUT2D eigenvalue weighted by Crippen LogP contribution is 2.27. The second-order valence-corrected chi connectivity index (χ2v) is 7.52.